The zero-order valence-electron chi connectivity index (χ0n) is 9.16. The Bertz CT molecular complexity index is 560. The Morgan fingerprint density at radius 2 is 2.24 bits per heavy atom. The molecule has 0 saturated carbocycles. The summed E-state index contributed by atoms with van der Waals surface area (Å²) in [6.07, 6.45) is 2.21. The molecule has 0 saturated heterocycles. The molecule has 2 aromatic rings. The van der Waals surface area contributed by atoms with Gasteiger partial charge in [-0.1, -0.05) is 12.1 Å². The van der Waals surface area contributed by atoms with Gasteiger partial charge in [0.1, 0.15) is 17.7 Å². The number of carbonyl (C=O) groups is 2. The molecule has 1 heterocycles. The van der Waals surface area contributed by atoms with Crippen LogP contribution in [0.2, 0.25) is 0 Å². The van der Waals surface area contributed by atoms with Gasteiger partial charge in [-0.05, 0) is 18.2 Å². The number of rotatable bonds is 3. The highest BCUT2D eigenvalue weighted by Gasteiger charge is 2.12. The van der Waals surface area contributed by atoms with Crippen molar-refractivity contribution in [2.45, 2.75) is 0 Å². The van der Waals surface area contributed by atoms with Crippen molar-refractivity contribution in [2.75, 3.05) is 0 Å². The summed E-state index contributed by atoms with van der Waals surface area (Å²) < 4.78 is 6.55. The summed E-state index contributed by atoms with van der Waals surface area (Å²) in [6, 6.07) is 7.96. The summed E-state index contributed by atoms with van der Waals surface area (Å²) in [5, 5.41) is 3.87. The normalized spacial score (nSPS) is 9.94. The average molecular weight is 230 g/mol. The molecule has 0 atom stereocenters. The Morgan fingerprint density at radius 1 is 1.41 bits per heavy atom. The monoisotopic (exact) mass is 230 g/mol. The lowest BCUT2D eigenvalue weighted by atomic mass is 10.2. The zero-order chi connectivity index (χ0) is 12.3. The summed E-state index contributed by atoms with van der Waals surface area (Å²) in [4.78, 5) is 22.3. The van der Waals surface area contributed by atoms with E-state index in [1.165, 1.54) is 16.9 Å². The second-order valence-corrected chi connectivity index (χ2v) is 3.42. The van der Waals surface area contributed by atoms with Crippen LogP contribution in [0.25, 0.3) is 0 Å². The Kier molecular flexibility index (Phi) is 3.00. The molecule has 2 rings (SSSR count). The molecule has 1 aromatic carbocycles. The van der Waals surface area contributed by atoms with Crippen LogP contribution in [-0.2, 0) is 7.05 Å². The van der Waals surface area contributed by atoms with Crippen molar-refractivity contribution >= 4 is 12.3 Å². The van der Waals surface area contributed by atoms with E-state index in [-0.39, 0.29) is 0 Å². The third-order valence-electron chi connectivity index (χ3n) is 2.23. The summed E-state index contributed by atoms with van der Waals surface area (Å²) in [6.45, 7) is 0. The topological polar surface area (TPSA) is 61.2 Å². The molecule has 0 N–H and O–H groups in total. The van der Waals surface area contributed by atoms with Crippen LogP contribution < -0.4 is 4.74 Å². The maximum atomic E-state index is 11.7. The number of nitrogens with zero attached hydrogens (tertiary/aromatic N) is 2. The van der Waals surface area contributed by atoms with E-state index in [0.717, 1.165) is 0 Å². The Morgan fingerprint density at radius 3 is 2.88 bits per heavy atom. The number of aldehydes is 1. The molecule has 0 aliphatic rings. The van der Waals surface area contributed by atoms with Crippen molar-refractivity contribution in [3.63, 3.8) is 0 Å². The molecule has 0 spiro atoms. The van der Waals surface area contributed by atoms with Crippen LogP contribution in [0.3, 0.4) is 0 Å². The fourth-order valence-electron chi connectivity index (χ4n) is 1.38. The zero-order valence-corrected chi connectivity index (χ0v) is 9.16. The minimum Gasteiger partial charge on any atom is -0.422 e. The average Bonchev–Trinajstić information content (AvgIpc) is 2.76. The van der Waals surface area contributed by atoms with E-state index < -0.39 is 5.97 Å². The first-order valence-electron chi connectivity index (χ1n) is 4.96. The second-order valence-electron chi connectivity index (χ2n) is 3.42. The van der Waals surface area contributed by atoms with Gasteiger partial charge in [0.2, 0.25) is 0 Å². The molecule has 0 aliphatic heterocycles. The van der Waals surface area contributed by atoms with Crippen LogP contribution in [0.5, 0.6) is 5.75 Å². The van der Waals surface area contributed by atoms with Crippen molar-refractivity contribution < 1.29 is 14.3 Å². The van der Waals surface area contributed by atoms with Crippen molar-refractivity contribution in [3.05, 3.63) is 47.8 Å². The number of benzene rings is 1. The van der Waals surface area contributed by atoms with Crippen molar-refractivity contribution in [2.24, 2.45) is 7.05 Å². The minimum atomic E-state index is -0.506. The van der Waals surface area contributed by atoms with Crippen molar-refractivity contribution in [1.29, 1.82) is 0 Å². The third-order valence-corrected chi connectivity index (χ3v) is 2.23. The summed E-state index contributed by atoms with van der Waals surface area (Å²) >= 11 is 0. The molecule has 17 heavy (non-hydrogen) atoms. The number of aryl methyl sites for hydroxylation is 1. The maximum absolute atomic E-state index is 11.7. The minimum absolute atomic E-state index is 0.334. The third kappa shape index (κ3) is 2.39. The molecule has 0 unspecified atom stereocenters. The lowest BCUT2D eigenvalue weighted by molar-refractivity contribution is 0.0722. The van der Waals surface area contributed by atoms with Gasteiger partial charge in [-0.3, -0.25) is 9.48 Å². The first-order chi connectivity index (χ1) is 8.20. The lowest BCUT2D eigenvalue weighted by Gasteiger charge is -2.04. The van der Waals surface area contributed by atoms with E-state index in [1.807, 2.05) is 0 Å². The predicted molar refractivity (Wildman–Crippen MR) is 60.0 cm³/mol. The molecule has 0 aliphatic carbocycles. The highest BCUT2D eigenvalue weighted by molar-refractivity contribution is 5.89. The van der Waals surface area contributed by atoms with Crippen molar-refractivity contribution in [1.82, 2.24) is 9.78 Å². The van der Waals surface area contributed by atoms with Crippen LogP contribution in [0, 0.1) is 0 Å². The number of hydrogen-bond acceptors (Lipinski definition) is 4. The quantitative estimate of drug-likeness (QED) is 0.455. The van der Waals surface area contributed by atoms with Crippen LogP contribution in [-0.4, -0.2) is 22.0 Å². The van der Waals surface area contributed by atoms with Gasteiger partial charge in [0.15, 0.2) is 0 Å². The van der Waals surface area contributed by atoms with Gasteiger partial charge in [0.05, 0.1) is 0 Å². The fourth-order valence-corrected chi connectivity index (χ4v) is 1.38. The van der Waals surface area contributed by atoms with Gasteiger partial charge < -0.3 is 4.74 Å². The smallest absolute Gasteiger partial charge is 0.361 e. The predicted octanol–water partition coefficient (Wildman–Crippen LogP) is 1.45. The van der Waals surface area contributed by atoms with E-state index in [4.69, 9.17) is 4.74 Å². The molecule has 0 bridgehead atoms. The van der Waals surface area contributed by atoms with E-state index in [2.05, 4.69) is 5.10 Å². The number of ether oxygens (including phenoxy) is 1. The molecule has 1 aromatic heterocycles. The second kappa shape index (κ2) is 4.61. The Labute approximate surface area is 97.6 Å². The molecule has 0 radical (unpaired) electrons. The first kappa shape index (κ1) is 11.1. The van der Waals surface area contributed by atoms with E-state index >= 15 is 0 Å². The van der Waals surface area contributed by atoms with E-state index in [0.29, 0.717) is 23.3 Å². The van der Waals surface area contributed by atoms with Crippen molar-refractivity contribution in [3.8, 4) is 5.75 Å². The molecular weight excluding hydrogens is 220 g/mol. The molecule has 5 heteroatoms. The van der Waals surface area contributed by atoms with Gasteiger partial charge in [-0.15, -0.1) is 0 Å². The summed E-state index contributed by atoms with van der Waals surface area (Å²) in [7, 11) is 1.65. The number of aromatic nitrogens is 2. The van der Waals surface area contributed by atoms with Gasteiger partial charge >= 0.3 is 5.97 Å². The number of carbonyl (C=O) groups excluding carboxylic acids is 2. The molecule has 0 fully saturated rings. The molecule has 5 nitrogen and oxygen atoms in total. The Balaban J connectivity index is 2.18. The van der Waals surface area contributed by atoms with Gasteiger partial charge in [-0.25, -0.2) is 4.79 Å². The van der Waals surface area contributed by atoms with Gasteiger partial charge in [-0.2, -0.15) is 5.10 Å². The maximum Gasteiger partial charge on any atom is 0.361 e. The number of esters is 1. The summed E-state index contributed by atoms with van der Waals surface area (Å²) in [5.41, 5.74) is 0.807. The highest BCUT2D eigenvalue weighted by Crippen LogP contribution is 2.13. The van der Waals surface area contributed by atoms with E-state index in [9.17, 15) is 9.59 Å². The Hall–Kier alpha value is -2.43. The highest BCUT2D eigenvalue weighted by atomic mass is 16.5. The van der Waals surface area contributed by atoms with E-state index in [1.54, 1.807) is 31.3 Å². The molecule has 0 amide bonds. The van der Waals surface area contributed by atoms with Crippen LogP contribution in [0.4, 0.5) is 0 Å². The van der Waals surface area contributed by atoms with Crippen LogP contribution in [0.15, 0.2) is 36.5 Å². The standard InChI is InChI=1S/C12H10N2O3/c1-14-11(5-6-13-14)12(16)17-10-4-2-3-9(7-10)8-15/h2-8H,1H3. The lowest BCUT2D eigenvalue weighted by Crippen LogP contribution is -2.13. The molecular formula is C12H10N2O3. The molecule has 86 valence electrons. The van der Waals surface area contributed by atoms with Crippen LogP contribution in [0.1, 0.15) is 20.8 Å². The summed E-state index contributed by atoms with van der Waals surface area (Å²) in [5.74, 6) is -0.172. The number of hydrogen-bond donors (Lipinski definition) is 0. The fraction of sp³-hybridized carbons (Fsp3) is 0.0833. The first-order valence-corrected chi connectivity index (χ1v) is 4.96. The van der Waals surface area contributed by atoms with Gasteiger partial charge in [0.25, 0.3) is 0 Å². The van der Waals surface area contributed by atoms with Gasteiger partial charge in [0, 0.05) is 18.8 Å². The largest absolute Gasteiger partial charge is 0.422 e. The SMILES string of the molecule is Cn1nccc1C(=O)Oc1cccc(C=O)c1. The van der Waals surface area contributed by atoms with Crippen LogP contribution >= 0.6 is 0 Å².